The van der Waals surface area contributed by atoms with Crippen molar-refractivity contribution in [3.8, 4) is 0 Å². The van der Waals surface area contributed by atoms with Gasteiger partial charge in [0.1, 0.15) is 5.82 Å². The summed E-state index contributed by atoms with van der Waals surface area (Å²) in [4.78, 5) is 15.8. The maximum atomic E-state index is 13.2. The van der Waals surface area contributed by atoms with E-state index in [4.69, 9.17) is 5.11 Å². The van der Waals surface area contributed by atoms with Crippen LogP contribution in [-0.2, 0) is 6.42 Å². The van der Waals surface area contributed by atoms with Gasteiger partial charge in [-0.3, -0.25) is 4.98 Å². The first-order valence-corrected chi connectivity index (χ1v) is 6.71. The van der Waals surface area contributed by atoms with Crippen LogP contribution in [-0.4, -0.2) is 21.8 Å². The van der Waals surface area contributed by atoms with E-state index in [1.807, 2.05) is 18.2 Å². The SMILES string of the molecule is O=C(O)c1cc(SCCc2ccccn2)ccc1F. The molecule has 0 aliphatic carbocycles. The van der Waals surface area contributed by atoms with Gasteiger partial charge in [-0.05, 0) is 36.8 Å². The Balaban J connectivity index is 1.97. The summed E-state index contributed by atoms with van der Waals surface area (Å²) in [5, 5.41) is 8.83. The molecule has 0 saturated carbocycles. The Morgan fingerprint density at radius 1 is 1.32 bits per heavy atom. The van der Waals surface area contributed by atoms with Gasteiger partial charge in [0.25, 0.3) is 0 Å². The second kappa shape index (κ2) is 6.33. The van der Waals surface area contributed by atoms with Crippen LogP contribution in [0.25, 0.3) is 0 Å². The van der Waals surface area contributed by atoms with Crippen molar-refractivity contribution < 1.29 is 14.3 Å². The van der Waals surface area contributed by atoms with Crippen LogP contribution in [0.2, 0.25) is 0 Å². The Morgan fingerprint density at radius 2 is 2.16 bits per heavy atom. The van der Waals surface area contributed by atoms with Crippen molar-refractivity contribution in [3.05, 3.63) is 59.7 Å². The second-order valence-corrected chi connectivity index (χ2v) is 5.03. The Labute approximate surface area is 114 Å². The molecule has 2 rings (SSSR count). The highest BCUT2D eigenvalue weighted by Crippen LogP contribution is 2.22. The lowest BCUT2D eigenvalue weighted by Crippen LogP contribution is -2.00. The molecule has 0 aliphatic heterocycles. The van der Waals surface area contributed by atoms with Gasteiger partial charge in [0, 0.05) is 22.5 Å². The fourth-order valence-electron chi connectivity index (χ4n) is 1.58. The van der Waals surface area contributed by atoms with Crippen molar-refractivity contribution in [3.63, 3.8) is 0 Å². The van der Waals surface area contributed by atoms with Crippen LogP contribution in [0.1, 0.15) is 16.1 Å². The summed E-state index contributed by atoms with van der Waals surface area (Å²) in [5.74, 6) is -1.19. The minimum atomic E-state index is -1.25. The van der Waals surface area contributed by atoms with Crippen LogP contribution in [0.3, 0.4) is 0 Å². The maximum absolute atomic E-state index is 13.2. The highest BCUT2D eigenvalue weighted by molar-refractivity contribution is 7.99. The first-order valence-electron chi connectivity index (χ1n) is 5.72. The zero-order valence-electron chi connectivity index (χ0n) is 10.0. The predicted octanol–water partition coefficient (Wildman–Crippen LogP) is 3.25. The summed E-state index contributed by atoms with van der Waals surface area (Å²) in [6.07, 6.45) is 2.52. The molecule has 0 atom stereocenters. The van der Waals surface area contributed by atoms with Crippen molar-refractivity contribution in [1.29, 1.82) is 0 Å². The van der Waals surface area contributed by atoms with E-state index in [0.717, 1.165) is 22.8 Å². The molecule has 0 unspecified atom stereocenters. The summed E-state index contributed by atoms with van der Waals surface area (Å²) in [7, 11) is 0. The standard InChI is InChI=1S/C14H12FNO2S/c15-13-5-4-11(9-12(13)14(17)18)19-8-6-10-3-1-2-7-16-10/h1-5,7,9H,6,8H2,(H,17,18). The number of aromatic carboxylic acids is 1. The second-order valence-electron chi connectivity index (χ2n) is 3.87. The molecule has 0 amide bonds. The quantitative estimate of drug-likeness (QED) is 0.852. The van der Waals surface area contributed by atoms with Crippen molar-refractivity contribution >= 4 is 17.7 Å². The number of aromatic nitrogens is 1. The molecule has 1 heterocycles. The number of halogens is 1. The number of rotatable bonds is 5. The summed E-state index contributed by atoms with van der Waals surface area (Å²) in [6, 6.07) is 9.86. The summed E-state index contributed by atoms with van der Waals surface area (Å²) in [6.45, 7) is 0. The predicted molar refractivity (Wildman–Crippen MR) is 72.0 cm³/mol. The summed E-state index contributed by atoms with van der Waals surface area (Å²) >= 11 is 1.49. The number of nitrogens with zero attached hydrogens (tertiary/aromatic N) is 1. The van der Waals surface area contributed by atoms with E-state index in [1.165, 1.54) is 23.9 Å². The number of carboxylic acid groups (broad SMARTS) is 1. The van der Waals surface area contributed by atoms with Gasteiger partial charge in [-0.15, -0.1) is 11.8 Å². The first kappa shape index (κ1) is 13.5. The number of carboxylic acids is 1. The molecular formula is C14H12FNO2S. The van der Waals surface area contributed by atoms with Gasteiger partial charge >= 0.3 is 5.97 Å². The highest BCUT2D eigenvalue weighted by atomic mass is 32.2. The van der Waals surface area contributed by atoms with Gasteiger partial charge in [0.15, 0.2) is 0 Å². The van der Waals surface area contributed by atoms with Gasteiger partial charge in [0.05, 0.1) is 5.56 Å². The number of thioether (sulfide) groups is 1. The van der Waals surface area contributed by atoms with E-state index in [-0.39, 0.29) is 5.56 Å². The topological polar surface area (TPSA) is 50.2 Å². The molecule has 0 saturated heterocycles. The van der Waals surface area contributed by atoms with Gasteiger partial charge in [-0.1, -0.05) is 6.07 Å². The molecule has 5 heteroatoms. The van der Waals surface area contributed by atoms with Crippen LogP contribution in [0.15, 0.2) is 47.5 Å². The zero-order valence-corrected chi connectivity index (χ0v) is 10.9. The maximum Gasteiger partial charge on any atom is 0.338 e. The van der Waals surface area contributed by atoms with Gasteiger partial charge in [0.2, 0.25) is 0 Å². The molecule has 0 fully saturated rings. The van der Waals surface area contributed by atoms with Gasteiger partial charge in [-0.2, -0.15) is 0 Å². The molecular weight excluding hydrogens is 265 g/mol. The van der Waals surface area contributed by atoms with E-state index in [1.54, 1.807) is 12.3 Å². The average Bonchev–Trinajstić information content (AvgIpc) is 2.41. The lowest BCUT2D eigenvalue weighted by molar-refractivity contribution is 0.0691. The van der Waals surface area contributed by atoms with Crippen molar-refractivity contribution in [2.75, 3.05) is 5.75 Å². The number of aryl methyl sites for hydroxylation is 1. The minimum absolute atomic E-state index is 0.289. The molecule has 0 radical (unpaired) electrons. The van der Waals surface area contributed by atoms with Crippen molar-refractivity contribution in [2.45, 2.75) is 11.3 Å². The summed E-state index contributed by atoms with van der Waals surface area (Å²) < 4.78 is 13.2. The number of hydrogen-bond donors (Lipinski definition) is 1. The molecule has 1 aromatic carbocycles. The zero-order chi connectivity index (χ0) is 13.7. The fraction of sp³-hybridized carbons (Fsp3) is 0.143. The molecule has 0 bridgehead atoms. The van der Waals surface area contributed by atoms with E-state index in [0.29, 0.717) is 0 Å². The van der Waals surface area contributed by atoms with E-state index >= 15 is 0 Å². The third-order valence-electron chi connectivity index (χ3n) is 2.52. The van der Waals surface area contributed by atoms with Crippen molar-refractivity contribution in [1.82, 2.24) is 4.98 Å². The smallest absolute Gasteiger partial charge is 0.338 e. The first-order chi connectivity index (χ1) is 9.16. The lowest BCUT2D eigenvalue weighted by atomic mass is 10.2. The normalized spacial score (nSPS) is 10.4. The Bertz CT molecular complexity index is 575. The number of benzene rings is 1. The minimum Gasteiger partial charge on any atom is -0.478 e. The molecule has 2 aromatic rings. The summed E-state index contributed by atoms with van der Waals surface area (Å²) in [5.41, 5.74) is 0.693. The Morgan fingerprint density at radius 3 is 2.84 bits per heavy atom. The number of hydrogen-bond acceptors (Lipinski definition) is 3. The molecule has 0 spiro atoms. The number of carbonyl (C=O) groups is 1. The van der Waals surface area contributed by atoms with Gasteiger partial charge in [-0.25, -0.2) is 9.18 Å². The van der Waals surface area contributed by atoms with Crippen molar-refractivity contribution in [2.24, 2.45) is 0 Å². The van der Waals surface area contributed by atoms with Crippen LogP contribution in [0.5, 0.6) is 0 Å². The van der Waals surface area contributed by atoms with E-state index in [2.05, 4.69) is 4.98 Å². The molecule has 0 aliphatic rings. The van der Waals surface area contributed by atoms with Gasteiger partial charge < -0.3 is 5.11 Å². The fourth-order valence-corrected chi connectivity index (χ4v) is 2.49. The van der Waals surface area contributed by atoms with Crippen LogP contribution >= 0.6 is 11.8 Å². The van der Waals surface area contributed by atoms with E-state index < -0.39 is 11.8 Å². The molecule has 1 aromatic heterocycles. The van der Waals surface area contributed by atoms with Crippen LogP contribution < -0.4 is 0 Å². The molecule has 1 N–H and O–H groups in total. The average molecular weight is 277 g/mol. The number of pyridine rings is 1. The molecule has 19 heavy (non-hydrogen) atoms. The highest BCUT2D eigenvalue weighted by Gasteiger charge is 2.10. The lowest BCUT2D eigenvalue weighted by Gasteiger charge is -2.04. The third-order valence-corrected chi connectivity index (χ3v) is 3.52. The Kier molecular flexibility index (Phi) is 4.52. The Hall–Kier alpha value is -1.88. The molecule has 3 nitrogen and oxygen atoms in total. The molecule has 98 valence electrons. The van der Waals surface area contributed by atoms with E-state index in [9.17, 15) is 9.18 Å². The van der Waals surface area contributed by atoms with Crippen LogP contribution in [0.4, 0.5) is 4.39 Å². The van der Waals surface area contributed by atoms with Crippen LogP contribution in [0, 0.1) is 5.82 Å². The monoisotopic (exact) mass is 277 g/mol. The largest absolute Gasteiger partial charge is 0.478 e. The third kappa shape index (κ3) is 3.79.